The zero-order chi connectivity index (χ0) is 23.1. The van der Waals surface area contributed by atoms with Crippen LogP contribution in [0.5, 0.6) is 5.75 Å². The number of urea groups is 1. The molecule has 9 nitrogen and oxygen atoms in total. The first-order chi connectivity index (χ1) is 15.4. The Morgan fingerprint density at radius 2 is 1.88 bits per heavy atom. The highest BCUT2D eigenvalue weighted by Gasteiger charge is 2.34. The van der Waals surface area contributed by atoms with Gasteiger partial charge in [0.15, 0.2) is 6.61 Å². The van der Waals surface area contributed by atoms with Crippen molar-refractivity contribution in [3.8, 4) is 5.75 Å². The average Bonchev–Trinajstić information content (AvgIpc) is 3.01. The number of imide groups is 1. The summed E-state index contributed by atoms with van der Waals surface area (Å²) < 4.78 is 10.1. The number of nitrogens with zero attached hydrogens (tertiary/aromatic N) is 1. The van der Waals surface area contributed by atoms with Crippen LogP contribution in [0.3, 0.4) is 0 Å². The van der Waals surface area contributed by atoms with Crippen LogP contribution < -0.4 is 15.4 Å². The van der Waals surface area contributed by atoms with Gasteiger partial charge in [0.25, 0.3) is 5.91 Å². The van der Waals surface area contributed by atoms with Gasteiger partial charge in [0.1, 0.15) is 18.0 Å². The van der Waals surface area contributed by atoms with E-state index in [9.17, 15) is 19.2 Å². The topological polar surface area (TPSA) is 114 Å². The molecule has 32 heavy (non-hydrogen) atoms. The summed E-state index contributed by atoms with van der Waals surface area (Å²) in [7, 11) is 0. The van der Waals surface area contributed by atoms with Crippen molar-refractivity contribution in [2.75, 3.05) is 25.1 Å². The van der Waals surface area contributed by atoms with Crippen molar-refractivity contribution in [3.63, 3.8) is 0 Å². The molecule has 2 aromatic carbocycles. The van der Waals surface area contributed by atoms with Gasteiger partial charge in [-0.05, 0) is 55.3 Å². The van der Waals surface area contributed by atoms with E-state index in [1.165, 1.54) is 6.08 Å². The molecular weight excluding hydrogens is 414 g/mol. The van der Waals surface area contributed by atoms with E-state index < -0.39 is 30.4 Å². The molecule has 166 valence electrons. The molecule has 0 spiro atoms. The molecule has 1 heterocycles. The lowest BCUT2D eigenvalue weighted by molar-refractivity contribution is -0.145. The first-order valence-corrected chi connectivity index (χ1v) is 9.95. The summed E-state index contributed by atoms with van der Waals surface area (Å²) in [5.41, 5.74) is 2.24. The van der Waals surface area contributed by atoms with Crippen LogP contribution in [0.2, 0.25) is 0 Å². The molecule has 0 unspecified atom stereocenters. The highest BCUT2D eigenvalue weighted by molar-refractivity contribution is 6.15. The number of carbonyl (C=O) groups excluding carboxylic acids is 4. The molecule has 0 saturated carbocycles. The second-order valence-corrected chi connectivity index (χ2v) is 6.96. The Bertz CT molecular complexity index is 1060. The van der Waals surface area contributed by atoms with E-state index in [1.807, 2.05) is 13.0 Å². The second-order valence-electron chi connectivity index (χ2n) is 6.96. The Morgan fingerprint density at radius 3 is 2.56 bits per heavy atom. The first kappa shape index (κ1) is 22.5. The van der Waals surface area contributed by atoms with Crippen molar-refractivity contribution in [1.29, 1.82) is 0 Å². The minimum absolute atomic E-state index is 0.0542. The van der Waals surface area contributed by atoms with E-state index in [2.05, 4.69) is 10.6 Å². The van der Waals surface area contributed by atoms with Crippen LogP contribution in [-0.4, -0.2) is 48.5 Å². The van der Waals surface area contributed by atoms with Gasteiger partial charge in [-0.1, -0.05) is 24.3 Å². The molecule has 1 fully saturated rings. The van der Waals surface area contributed by atoms with Crippen LogP contribution in [0, 0.1) is 6.92 Å². The summed E-state index contributed by atoms with van der Waals surface area (Å²) in [6.45, 7) is 3.27. The molecule has 0 bridgehead atoms. The summed E-state index contributed by atoms with van der Waals surface area (Å²) in [5, 5.41) is 5.15. The van der Waals surface area contributed by atoms with Gasteiger partial charge in [0.05, 0.1) is 6.61 Å². The van der Waals surface area contributed by atoms with Gasteiger partial charge in [-0.15, -0.1) is 0 Å². The van der Waals surface area contributed by atoms with Crippen LogP contribution in [0.1, 0.15) is 18.1 Å². The van der Waals surface area contributed by atoms with Gasteiger partial charge in [-0.3, -0.25) is 9.59 Å². The Kier molecular flexibility index (Phi) is 7.22. The Balaban J connectivity index is 1.59. The molecule has 1 aliphatic heterocycles. The minimum atomic E-state index is -0.671. The van der Waals surface area contributed by atoms with E-state index in [-0.39, 0.29) is 18.9 Å². The van der Waals surface area contributed by atoms with Crippen molar-refractivity contribution in [2.24, 2.45) is 0 Å². The van der Waals surface area contributed by atoms with Crippen molar-refractivity contribution in [3.05, 3.63) is 65.4 Å². The van der Waals surface area contributed by atoms with Crippen LogP contribution in [-0.2, 0) is 19.1 Å². The Morgan fingerprint density at radius 1 is 1.12 bits per heavy atom. The number of esters is 1. The van der Waals surface area contributed by atoms with E-state index >= 15 is 0 Å². The highest BCUT2D eigenvalue weighted by atomic mass is 16.6. The number of rotatable bonds is 8. The lowest BCUT2D eigenvalue weighted by atomic mass is 10.2. The van der Waals surface area contributed by atoms with Crippen molar-refractivity contribution in [1.82, 2.24) is 10.2 Å². The molecule has 0 radical (unpaired) electrons. The molecule has 4 amide bonds. The fourth-order valence-corrected chi connectivity index (χ4v) is 2.95. The van der Waals surface area contributed by atoms with E-state index in [4.69, 9.17) is 9.47 Å². The lowest BCUT2D eigenvalue weighted by Gasteiger charge is -2.12. The van der Waals surface area contributed by atoms with Gasteiger partial charge in [0, 0.05) is 5.69 Å². The van der Waals surface area contributed by atoms with Crippen molar-refractivity contribution in [2.45, 2.75) is 13.8 Å². The second kappa shape index (κ2) is 10.3. The smallest absolute Gasteiger partial charge is 0.344 e. The Labute approximate surface area is 185 Å². The molecule has 3 rings (SSSR count). The number of carbonyl (C=O) groups is 4. The number of nitrogens with one attached hydrogen (secondary N) is 2. The number of hydrogen-bond acceptors (Lipinski definition) is 6. The molecule has 2 aromatic rings. The van der Waals surface area contributed by atoms with Gasteiger partial charge in [0.2, 0.25) is 5.91 Å². The lowest BCUT2D eigenvalue weighted by Crippen LogP contribution is -2.38. The number of anilines is 1. The first-order valence-electron chi connectivity index (χ1n) is 9.95. The van der Waals surface area contributed by atoms with Crippen LogP contribution in [0.25, 0.3) is 6.08 Å². The zero-order valence-electron chi connectivity index (χ0n) is 17.7. The maximum atomic E-state index is 12.6. The Hall–Kier alpha value is -4.14. The quantitative estimate of drug-likeness (QED) is 0.373. The van der Waals surface area contributed by atoms with Crippen LogP contribution in [0.4, 0.5) is 10.5 Å². The third kappa shape index (κ3) is 5.94. The number of amides is 4. The third-order valence-electron chi connectivity index (χ3n) is 4.42. The fraction of sp³-hybridized carbons (Fsp3) is 0.217. The average molecular weight is 437 g/mol. The van der Waals surface area contributed by atoms with Gasteiger partial charge in [-0.25, -0.2) is 14.5 Å². The standard InChI is InChI=1S/C23H23N3O6/c1-3-31-21(28)14-32-18-9-7-16(8-10-18)12-19-22(29)26(23(30)25-19)13-20(27)24-17-6-4-5-15(2)11-17/h4-12H,3,13-14H2,1-2H3,(H,24,27)(H,25,30)/b19-12+. The van der Waals surface area contributed by atoms with Crippen molar-refractivity contribution >= 4 is 35.6 Å². The zero-order valence-corrected chi connectivity index (χ0v) is 17.7. The van der Waals surface area contributed by atoms with Gasteiger partial charge >= 0.3 is 12.0 Å². The molecule has 0 atom stereocenters. The van der Waals surface area contributed by atoms with E-state index in [0.717, 1.165) is 10.5 Å². The molecule has 2 N–H and O–H groups in total. The number of benzene rings is 2. The fourth-order valence-electron chi connectivity index (χ4n) is 2.95. The van der Waals surface area contributed by atoms with Crippen molar-refractivity contribution < 1.29 is 28.7 Å². The third-order valence-corrected chi connectivity index (χ3v) is 4.42. The van der Waals surface area contributed by atoms with Crippen LogP contribution >= 0.6 is 0 Å². The van der Waals surface area contributed by atoms with E-state index in [0.29, 0.717) is 17.0 Å². The van der Waals surface area contributed by atoms with Gasteiger partial charge in [-0.2, -0.15) is 0 Å². The number of ether oxygens (including phenoxy) is 2. The predicted octanol–water partition coefficient (Wildman–Crippen LogP) is 2.47. The molecule has 0 aromatic heterocycles. The normalized spacial score (nSPS) is 14.3. The molecule has 1 saturated heterocycles. The number of aryl methyl sites for hydroxylation is 1. The molecule has 1 aliphatic rings. The summed E-state index contributed by atoms with van der Waals surface area (Å²) in [6, 6.07) is 13.1. The molecule has 0 aliphatic carbocycles. The summed E-state index contributed by atoms with van der Waals surface area (Å²) in [5.74, 6) is -1.10. The molecular formula is C23H23N3O6. The predicted molar refractivity (Wildman–Crippen MR) is 117 cm³/mol. The summed E-state index contributed by atoms with van der Waals surface area (Å²) in [6.07, 6.45) is 1.49. The van der Waals surface area contributed by atoms with Crippen LogP contribution in [0.15, 0.2) is 54.2 Å². The summed E-state index contributed by atoms with van der Waals surface area (Å²) >= 11 is 0. The largest absolute Gasteiger partial charge is 0.482 e. The monoisotopic (exact) mass is 437 g/mol. The highest BCUT2D eigenvalue weighted by Crippen LogP contribution is 2.18. The van der Waals surface area contributed by atoms with E-state index in [1.54, 1.807) is 49.4 Å². The maximum Gasteiger partial charge on any atom is 0.344 e. The molecule has 9 heteroatoms. The van der Waals surface area contributed by atoms with Gasteiger partial charge < -0.3 is 20.1 Å². The SMILES string of the molecule is CCOC(=O)COc1ccc(/C=C2/NC(=O)N(CC(=O)Nc3cccc(C)c3)C2=O)cc1. The number of hydrogen-bond donors (Lipinski definition) is 2. The summed E-state index contributed by atoms with van der Waals surface area (Å²) in [4.78, 5) is 49.2. The maximum absolute atomic E-state index is 12.6. The minimum Gasteiger partial charge on any atom is -0.482 e.